The zero-order valence-corrected chi connectivity index (χ0v) is 11.7. The Labute approximate surface area is 114 Å². The van der Waals surface area contributed by atoms with Gasteiger partial charge in [-0.3, -0.25) is 4.68 Å². The van der Waals surface area contributed by atoms with Crippen LogP contribution in [0.25, 0.3) is 0 Å². The maximum Gasteiger partial charge on any atom is 0.0731 e. The zero-order valence-electron chi connectivity index (χ0n) is 11.7. The van der Waals surface area contributed by atoms with Gasteiger partial charge < -0.3 is 5.32 Å². The monoisotopic (exact) mass is 255 g/mol. The Bertz CT molecular complexity index is 571. The van der Waals surface area contributed by atoms with Gasteiger partial charge in [0.25, 0.3) is 0 Å². The third-order valence-corrected chi connectivity index (χ3v) is 3.96. The Morgan fingerprint density at radius 1 is 1.21 bits per heavy atom. The molecule has 1 aliphatic rings. The third-order valence-electron chi connectivity index (χ3n) is 3.96. The molecule has 19 heavy (non-hydrogen) atoms. The lowest BCUT2D eigenvalue weighted by atomic mass is 9.89. The molecule has 1 atom stereocenters. The number of nitrogens with zero attached hydrogens (tertiary/aromatic N) is 2. The molecule has 0 saturated carbocycles. The minimum atomic E-state index is 0.316. The average molecular weight is 255 g/mol. The molecule has 1 aliphatic carbocycles. The highest BCUT2D eigenvalue weighted by molar-refractivity contribution is 5.43. The summed E-state index contributed by atoms with van der Waals surface area (Å²) in [5.74, 6) is 0. The minimum absolute atomic E-state index is 0.316. The second-order valence-corrected chi connectivity index (χ2v) is 5.50. The minimum Gasteiger partial charge on any atom is -0.376 e. The van der Waals surface area contributed by atoms with Crippen LogP contribution in [0.4, 0.5) is 5.69 Å². The van der Waals surface area contributed by atoms with Crippen LogP contribution in [-0.2, 0) is 19.9 Å². The fourth-order valence-corrected chi connectivity index (χ4v) is 2.85. The van der Waals surface area contributed by atoms with E-state index in [0.29, 0.717) is 6.04 Å². The molecular formula is C16H21N3. The first-order chi connectivity index (χ1) is 9.22. The lowest BCUT2D eigenvalue weighted by molar-refractivity contribution is 0.683. The molecule has 0 spiro atoms. The molecule has 0 aliphatic heterocycles. The molecule has 0 radical (unpaired) electrons. The Hall–Kier alpha value is -1.77. The smallest absolute Gasteiger partial charge is 0.0731 e. The summed E-state index contributed by atoms with van der Waals surface area (Å²) in [5.41, 5.74) is 5.53. The highest BCUT2D eigenvalue weighted by atomic mass is 15.3. The molecule has 1 heterocycles. The van der Waals surface area contributed by atoms with Crippen LogP contribution in [0.3, 0.4) is 0 Å². The van der Waals surface area contributed by atoms with Crippen LogP contribution in [-0.4, -0.2) is 9.78 Å². The van der Waals surface area contributed by atoms with Crippen molar-refractivity contribution in [3.8, 4) is 0 Å². The van der Waals surface area contributed by atoms with E-state index in [9.17, 15) is 0 Å². The van der Waals surface area contributed by atoms with Gasteiger partial charge in [0.05, 0.1) is 11.9 Å². The number of nitrogens with one attached hydrogen (secondary N) is 1. The van der Waals surface area contributed by atoms with E-state index < -0.39 is 0 Å². The van der Waals surface area contributed by atoms with Gasteiger partial charge in [0.1, 0.15) is 0 Å². The molecular weight excluding hydrogens is 234 g/mol. The van der Waals surface area contributed by atoms with Gasteiger partial charge in [-0.15, -0.1) is 0 Å². The summed E-state index contributed by atoms with van der Waals surface area (Å²) in [5, 5.41) is 7.69. The Kier molecular flexibility index (Phi) is 3.28. The molecule has 1 N–H and O–H groups in total. The van der Waals surface area contributed by atoms with Crippen molar-refractivity contribution in [1.82, 2.24) is 9.78 Å². The molecule has 3 rings (SSSR count). The summed E-state index contributed by atoms with van der Waals surface area (Å²) in [7, 11) is 1.94. The van der Waals surface area contributed by atoms with Crippen molar-refractivity contribution in [2.24, 2.45) is 7.05 Å². The maximum absolute atomic E-state index is 4.19. The van der Waals surface area contributed by atoms with E-state index in [4.69, 9.17) is 0 Å². The van der Waals surface area contributed by atoms with Crippen molar-refractivity contribution in [3.63, 3.8) is 0 Å². The molecule has 1 unspecified atom stereocenters. The van der Waals surface area contributed by atoms with Crippen molar-refractivity contribution in [2.75, 3.05) is 5.32 Å². The Balaban J connectivity index is 1.77. The van der Waals surface area contributed by atoms with Crippen molar-refractivity contribution in [2.45, 2.75) is 38.6 Å². The summed E-state index contributed by atoms with van der Waals surface area (Å²) < 4.78 is 1.82. The van der Waals surface area contributed by atoms with Gasteiger partial charge >= 0.3 is 0 Å². The number of aryl methyl sites for hydroxylation is 3. The van der Waals surface area contributed by atoms with E-state index in [2.05, 4.69) is 35.5 Å². The standard InChI is InChI=1S/C16H21N3/c1-12(18-16-10-17-19(2)11-16)14-8-7-13-5-3-4-6-15(13)9-14/h7-12,18H,3-6H2,1-2H3. The van der Waals surface area contributed by atoms with Gasteiger partial charge in [0, 0.05) is 19.3 Å². The Morgan fingerprint density at radius 3 is 2.74 bits per heavy atom. The largest absolute Gasteiger partial charge is 0.376 e. The van der Waals surface area contributed by atoms with Crippen molar-refractivity contribution >= 4 is 5.69 Å². The third kappa shape index (κ3) is 2.65. The van der Waals surface area contributed by atoms with E-state index in [1.54, 1.807) is 11.1 Å². The molecule has 3 nitrogen and oxygen atoms in total. The van der Waals surface area contributed by atoms with Crippen LogP contribution >= 0.6 is 0 Å². The summed E-state index contributed by atoms with van der Waals surface area (Å²) in [6.07, 6.45) is 9.04. The van der Waals surface area contributed by atoms with E-state index in [1.807, 2.05) is 24.1 Å². The highest BCUT2D eigenvalue weighted by Crippen LogP contribution is 2.26. The number of hydrogen-bond acceptors (Lipinski definition) is 2. The second-order valence-electron chi connectivity index (χ2n) is 5.50. The second kappa shape index (κ2) is 5.08. The SMILES string of the molecule is CC(Nc1cnn(C)c1)c1ccc2c(c1)CCCC2. The molecule has 100 valence electrons. The van der Waals surface area contributed by atoms with Crippen molar-refractivity contribution < 1.29 is 0 Å². The average Bonchev–Trinajstić information content (AvgIpc) is 2.83. The summed E-state index contributed by atoms with van der Waals surface area (Å²) in [4.78, 5) is 0. The molecule has 0 amide bonds. The van der Waals surface area contributed by atoms with Gasteiger partial charge in [-0.25, -0.2) is 0 Å². The zero-order chi connectivity index (χ0) is 13.2. The van der Waals surface area contributed by atoms with Crippen LogP contribution in [0.5, 0.6) is 0 Å². The van der Waals surface area contributed by atoms with E-state index in [1.165, 1.54) is 31.2 Å². The van der Waals surface area contributed by atoms with Gasteiger partial charge in [-0.1, -0.05) is 18.2 Å². The summed E-state index contributed by atoms with van der Waals surface area (Å²) in [6.45, 7) is 2.21. The summed E-state index contributed by atoms with van der Waals surface area (Å²) in [6, 6.07) is 7.27. The summed E-state index contributed by atoms with van der Waals surface area (Å²) >= 11 is 0. The number of hydrogen-bond donors (Lipinski definition) is 1. The van der Waals surface area contributed by atoms with Crippen LogP contribution in [0, 0.1) is 0 Å². The molecule has 0 bridgehead atoms. The van der Waals surface area contributed by atoms with E-state index in [0.717, 1.165) is 5.69 Å². The van der Waals surface area contributed by atoms with Crippen LogP contribution in [0.1, 0.15) is 42.5 Å². The highest BCUT2D eigenvalue weighted by Gasteiger charge is 2.12. The van der Waals surface area contributed by atoms with Crippen LogP contribution in [0.15, 0.2) is 30.6 Å². The number of fused-ring (bicyclic) bond motifs is 1. The number of rotatable bonds is 3. The quantitative estimate of drug-likeness (QED) is 0.910. The van der Waals surface area contributed by atoms with Crippen LogP contribution in [0.2, 0.25) is 0 Å². The fraction of sp³-hybridized carbons (Fsp3) is 0.438. The molecule has 1 aromatic heterocycles. The number of anilines is 1. The predicted molar refractivity (Wildman–Crippen MR) is 78.3 cm³/mol. The first-order valence-electron chi connectivity index (χ1n) is 7.09. The van der Waals surface area contributed by atoms with Crippen LogP contribution < -0.4 is 5.32 Å². The molecule has 0 fully saturated rings. The lowest BCUT2D eigenvalue weighted by Gasteiger charge is -2.20. The lowest BCUT2D eigenvalue weighted by Crippen LogP contribution is -2.09. The van der Waals surface area contributed by atoms with Gasteiger partial charge in [0.15, 0.2) is 0 Å². The maximum atomic E-state index is 4.19. The van der Waals surface area contributed by atoms with E-state index >= 15 is 0 Å². The topological polar surface area (TPSA) is 29.9 Å². The van der Waals surface area contributed by atoms with Crippen molar-refractivity contribution in [3.05, 3.63) is 47.3 Å². The molecule has 1 aromatic carbocycles. The van der Waals surface area contributed by atoms with Gasteiger partial charge in [0.2, 0.25) is 0 Å². The van der Waals surface area contributed by atoms with Gasteiger partial charge in [-0.2, -0.15) is 5.10 Å². The predicted octanol–water partition coefficient (Wildman–Crippen LogP) is 3.47. The fourth-order valence-electron chi connectivity index (χ4n) is 2.85. The molecule has 2 aromatic rings. The molecule has 0 saturated heterocycles. The number of aromatic nitrogens is 2. The Morgan fingerprint density at radius 2 is 2.00 bits per heavy atom. The molecule has 3 heteroatoms. The number of benzene rings is 1. The first-order valence-corrected chi connectivity index (χ1v) is 7.09. The van der Waals surface area contributed by atoms with Crippen molar-refractivity contribution in [1.29, 1.82) is 0 Å². The normalized spacial score (nSPS) is 15.9. The first kappa shape index (κ1) is 12.3. The van der Waals surface area contributed by atoms with Gasteiger partial charge in [-0.05, 0) is 49.3 Å². The van der Waals surface area contributed by atoms with E-state index in [-0.39, 0.29) is 0 Å².